The number of aromatic nitrogens is 1. The molecule has 0 saturated carbocycles. The normalized spacial score (nSPS) is 19.1. The maximum absolute atomic E-state index is 13.2. The average Bonchev–Trinajstić information content (AvgIpc) is 3.14. The molecule has 4 nitrogen and oxygen atoms in total. The van der Waals surface area contributed by atoms with Gasteiger partial charge in [-0.3, -0.25) is 9.69 Å². The van der Waals surface area contributed by atoms with Crippen molar-refractivity contribution < 1.29 is 9.18 Å². The fourth-order valence-electron chi connectivity index (χ4n) is 3.98. The molecule has 1 fully saturated rings. The molecule has 1 N–H and O–H groups in total. The van der Waals surface area contributed by atoms with E-state index in [0.717, 1.165) is 29.6 Å². The average molecular weight is 400 g/mol. The lowest BCUT2D eigenvalue weighted by molar-refractivity contribution is 0.0406. The van der Waals surface area contributed by atoms with Gasteiger partial charge in [-0.15, -0.1) is 0 Å². The van der Waals surface area contributed by atoms with Gasteiger partial charge in [-0.05, 0) is 49.7 Å². The van der Waals surface area contributed by atoms with Crippen molar-refractivity contribution in [3.8, 4) is 0 Å². The van der Waals surface area contributed by atoms with Gasteiger partial charge in [0.25, 0.3) is 5.91 Å². The van der Waals surface area contributed by atoms with Crippen molar-refractivity contribution in [1.29, 1.82) is 0 Å². The predicted molar refractivity (Wildman–Crippen MR) is 110 cm³/mol. The van der Waals surface area contributed by atoms with Crippen LogP contribution in [0.5, 0.6) is 0 Å². The van der Waals surface area contributed by atoms with E-state index in [1.807, 2.05) is 41.4 Å². The summed E-state index contributed by atoms with van der Waals surface area (Å²) >= 11 is 6.39. The van der Waals surface area contributed by atoms with Crippen LogP contribution >= 0.6 is 11.6 Å². The van der Waals surface area contributed by atoms with E-state index in [-0.39, 0.29) is 23.8 Å². The molecule has 28 heavy (non-hydrogen) atoms. The number of benzene rings is 2. The van der Waals surface area contributed by atoms with E-state index in [1.54, 1.807) is 0 Å². The summed E-state index contributed by atoms with van der Waals surface area (Å²) < 4.78 is 13.2. The van der Waals surface area contributed by atoms with E-state index in [4.69, 9.17) is 11.6 Å². The van der Waals surface area contributed by atoms with Crippen molar-refractivity contribution in [2.45, 2.75) is 25.9 Å². The zero-order valence-corrected chi connectivity index (χ0v) is 16.7. The first-order valence-electron chi connectivity index (χ1n) is 9.51. The summed E-state index contributed by atoms with van der Waals surface area (Å²) in [5.74, 6) is -0.259. The van der Waals surface area contributed by atoms with Crippen molar-refractivity contribution in [3.05, 3.63) is 70.6 Å². The molecule has 2 aromatic carbocycles. The molecule has 0 radical (unpaired) electrons. The highest BCUT2D eigenvalue weighted by atomic mass is 35.5. The van der Waals surface area contributed by atoms with Crippen LogP contribution in [-0.2, 0) is 0 Å². The minimum Gasteiger partial charge on any atom is -0.361 e. The Balaban J connectivity index is 1.49. The number of carbonyl (C=O) groups is 1. The predicted octanol–water partition coefficient (Wildman–Crippen LogP) is 4.87. The fourth-order valence-corrected chi connectivity index (χ4v) is 4.23. The number of nitrogens with one attached hydrogen (secondary N) is 1. The van der Waals surface area contributed by atoms with Gasteiger partial charge in [0.15, 0.2) is 0 Å². The second kappa shape index (κ2) is 7.57. The summed E-state index contributed by atoms with van der Waals surface area (Å²) in [5, 5.41) is 1.44. The van der Waals surface area contributed by atoms with Crippen molar-refractivity contribution in [1.82, 2.24) is 14.8 Å². The lowest BCUT2D eigenvalue weighted by Crippen LogP contribution is -2.54. The van der Waals surface area contributed by atoms with Crippen LogP contribution in [0.25, 0.3) is 10.9 Å². The van der Waals surface area contributed by atoms with E-state index in [0.29, 0.717) is 17.1 Å². The number of rotatable bonds is 3. The SMILES string of the molecule is CC(c1ccc(F)cc1)N1CCN(C(=O)c2cc3cc[nH]c3cc2Cl)C(C)C1. The van der Waals surface area contributed by atoms with Gasteiger partial charge in [0.05, 0.1) is 10.6 Å². The van der Waals surface area contributed by atoms with Crippen molar-refractivity contribution in [3.63, 3.8) is 0 Å². The van der Waals surface area contributed by atoms with Crippen LogP contribution in [0.1, 0.15) is 35.8 Å². The van der Waals surface area contributed by atoms with Gasteiger partial charge in [-0.25, -0.2) is 4.39 Å². The van der Waals surface area contributed by atoms with Gasteiger partial charge in [-0.1, -0.05) is 23.7 Å². The number of halogens is 2. The summed E-state index contributed by atoms with van der Waals surface area (Å²) in [5.41, 5.74) is 2.54. The highest BCUT2D eigenvalue weighted by Gasteiger charge is 2.31. The molecule has 0 aliphatic carbocycles. The molecular weight excluding hydrogens is 377 g/mol. The third-order valence-electron chi connectivity index (χ3n) is 5.69. The number of fused-ring (bicyclic) bond motifs is 1. The standard InChI is InChI=1S/C22H23ClFN3O/c1-14-13-26(15(2)16-3-5-18(24)6-4-16)9-10-27(14)22(28)19-11-17-7-8-25-21(17)12-20(19)23/h3-8,11-12,14-15,25H,9-10,13H2,1-2H3. The van der Waals surface area contributed by atoms with Crippen LogP contribution < -0.4 is 0 Å². The van der Waals surface area contributed by atoms with E-state index in [2.05, 4.69) is 23.7 Å². The van der Waals surface area contributed by atoms with Gasteiger partial charge in [0, 0.05) is 48.8 Å². The molecule has 0 spiro atoms. The summed E-state index contributed by atoms with van der Waals surface area (Å²) in [7, 11) is 0. The number of hydrogen-bond acceptors (Lipinski definition) is 2. The van der Waals surface area contributed by atoms with Gasteiger partial charge < -0.3 is 9.88 Å². The molecule has 1 aromatic heterocycles. The summed E-state index contributed by atoms with van der Waals surface area (Å²) in [4.78, 5) is 20.5. The van der Waals surface area contributed by atoms with Crippen LogP contribution in [0, 0.1) is 5.82 Å². The Labute approximate surface area is 168 Å². The Morgan fingerprint density at radius 3 is 2.68 bits per heavy atom. The molecular formula is C22H23ClFN3O. The van der Waals surface area contributed by atoms with Crippen LogP contribution in [0.4, 0.5) is 4.39 Å². The highest BCUT2D eigenvalue weighted by Crippen LogP contribution is 2.28. The molecule has 3 aromatic rings. The van der Waals surface area contributed by atoms with Crippen LogP contribution in [-0.4, -0.2) is 46.4 Å². The largest absolute Gasteiger partial charge is 0.361 e. The highest BCUT2D eigenvalue weighted by molar-refractivity contribution is 6.34. The zero-order chi connectivity index (χ0) is 19.8. The smallest absolute Gasteiger partial charge is 0.255 e. The van der Waals surface area contributed by atoms with Gasteiger partial charge in [-0.2, -0.15) is 0 Å². The number of amides is 1. The van der Waals surface area contributed by atoms with Crippen molar-refractivity contribution >= 4 is 28.4 Å². The number of piperazine rings is 1. The molecule has 0 bridgehead atoms. The minimum absolute atomic E-state index is 0.0327. The Kier molecular flexibility index (Phi) is 5.13. The third-order valence-corrected chi connectivity index (χ3v) is 6.00. The van der Waals surface area contributed by atoms with Gasteiger partial charge >= 0.3 is 0 Å². The Morgan fingerprint density at radius 1 is 1.21 bits per heavy atom. The molecule has 4 rings (SSSR count). The number of hydrogen-bond donors (Lipinski definition) is 1. The lowest BCUT2D eigenvalue weighted by Gasteiger charge is -2.42. The number of carbonyl (C=O) groups excluding carboxylic acids is 1. The van der Waals surface area contributed by atoms with E-state index in [1.165, 1.54) is 12.1 Å². The molecule has 146 valence electrons. The third kappa shape index (κ3) is 3.52. The molecule has 2 atom stereocenters. The molecule has 2 heterocycles. The first-order chi connectivity index (χ1) is 13.4. The quantitative estimate of drug-likeness (QED) is 0.682. The van der Waals surface area contributed by atoms with Crippen LogP contribution in [0.3, 0.4) is 0 Å². The number of aromatic amines is 1. The molecule has 1 aliphatic heterocycles. The summed E-state index contributed by atoms with van der Waals surface area (Å²) in [6.45, 7) is 6.33. The zero-order valence-electron chi connectivity index (χ0n) is 16.0. The first-order valence-corrected chi connectivity index (χ1v) is 9.89. The number of H-pyrrole nitrogens is 1. The Hall–Kier alpha value is -2.37. The van der Waals surface area contributed by atoms with Gasteiger partial charge in [0.1, 0.15) is 5.82 Å². The molecule has 1 amide bonds. The molecule has 1 aliphatic rings. The van der Waals surface area contributed by atoms with Crippen LogP contribution in [0.2, 0.25) is 5.02 Å². The van der Waals surface area contributed by atoms with Crippen molar-refractivity contribution in [2.24, 2.45) is 0 Å². The lowest BCUT2D eigenvalue weighted by atomic mass is 10.0. The van der Waals surface area contributed by atoms with Gasteiger partial charge in [0.2, 0.25) is 0 Å². The topological polar surface area (TPSA) is 39.3 Å². The number of nitrogens with zero attached hydrogens (tertiary/aromatic N) is 2. The van der Waals surface area contributed by atoms with Crippen LogP contribution in [0.15, 0.2) is 48.7 Å². The second-order valence-electron chi connectivity index (χ2n) is 7.47. The fraction of sp³-hybridized carbons (Fsp3) is 0.318. The molecule has 2 unspecified atom stereocenters. The monoisotopic (exact) mass is 399 g/mol. The van der Waals surface area contributed by atoms with E-state index >= 15 is 0 Å². The Bertz CT molecular complexity index is 1000. The minimum atomic E-state index is -0.226. The summed E-state index contributed by atoms with van der Waals surface area (Å²) in [6.07, 6.45) is 1.84. The summed E-state index contributed by atoms with van der Waals surface area (Å²) in [6, 6.07) is 12.5. The second-order valence-corrected chi connectivity index (χ2v) is 7.87. The molecule has 6 heteroatoms. The molecule has 1 saturated heterocycles. The van der Waals surface area contributed by atoms with Crippen molar-refractivity contribution in [2.75, 3.05) is 19.6 Å². The van der Waals surface area contributed by atoms with E-state index in [9.17, 15) is 9.18 Å². The van der Waals surface area contributed by atoms with E-state index < -0.39 is 0 Å². The maximum Gasteiger partial charge on any atom is 0.255 e. The Morgan fingerprint density at radius 2 is 1.96 bits per heavy atom. The maximum atomic E-state index is 13.2. The first kappa shape index (κ1) is 19.0.